The SMILES string of the molecule is CN(CCCOC(=O)c1cc2ccccc2o1)C1CN(Cc2cn(Cc3ccccc3Cl)nn2)S(=O)(=O)C1. The van der Waals surface area contributed by atoms with Crippen LogP contribution in [0.3, 0.4) is 0 Å². The first-order chi connectivity index (χ1) is 18.3. The van der Waals surface area contributed by atoms with Gasteiger partial charge in [-0.25, -0.2) is 17.9 Å². The quantitative estimate of drug-likeness (QED) is 0.215. The van der Waals surface area contributed by atoms with Crippen LogP contribution in [0.25, 0.3) is 11.0 Å². The summed E-state index contributed by atoms with van der Waals surface area (Å²) in [5.41, 5.74) is 2.11. The Labute approximate surface area is 225 Å². The summed E-state index contributed by atoms with van der Waals surface area (Å²) in [7, 11) is -1.55. The van der Waals surface area contributed by atoms with Gasteiger partial charge in [0.2, 0.25) is 15.8 Å². The number of aromatic nitrogens is 3. The number of rotatable bonds is 10. The van der Waals surface area contributed by atoms with Gasteiger partial charge in [0.15, 0.2) is 0 Å². The second-order valence-corrected chi connectivity index (χ2v) is 11.8. The molecule has 2 aromatic carbocycles. The number of likely N-dealkylation sites (N-methyl/N-ethyl adjacent to an activating group) is 1. The predicted molar refractivity (Wildman–Crippen MR) is 142 cm³/mol. The first kappa shape index (κ1) is 26.4. The molecule has 12 heteroatoms. The molecule has 1 atom stereocenters. The van der Waals surface area contributed by atoms with E-state index in [0.29, 0.717) is 42.4 Å². The molecule has 200 valence electrons. The van der Waals surface area contributed by atoms with E-state index in [2.05, 4.69) is 10.3 Å². The van der Waals surface area contributed by atoms with Gasteiger partial charge < -0.3 is 14.1 Å². The van der Waals surface area contributed by atoms with Crippen LogP contribution in [0.2, 0.25) is 5.02 Å². The Hall–Kier alpha value is -3.25. The van der Waals surface area contributed by atoms with Gasteiger partial charge in [-0.3, -0.25) is 0 Å². The smallest absolute Gasteiger partial charge is 0.374 e. The molecular weight excluding hydrogens is 530 g/mol. The lowest BCUT2D eigenvalue weighted by Gasteiger charge is -2.23. The number of fused-ring (bicyclic) bond motifs is 1. The van der Waals surface area contributed by atoms with Crippen molar-refractivity contribution in [3.05, 3.63) is 82.8 Å². The maximum atomic E-state index is 12.8. The highest BCUT2D eigenvalue weighted by molar-refractivity contribution is 7.89. The first-order valence-corrected chi connectivity index (χ1v) is 14.2. The van der Waals surface area contributed by atoms with E-state index in [1.54, 1.807) is 23.0 Å². The number of para-hydroxylation sites is 1. The monoisotopic (exact) mass is 557 g/mol. The highest BCUT2D eigenvalue weighted by Crippen LogP contribution is 2.22. The van der Waals surface area contributed by atoms with E-state index < -0.39 is 16.0 Å². The van der Waals surface area contributed by atoms with Gasteiger partial charge in [0.1, 0.15) is 5.58 Å². The van der Waals surface area contributed by atoms with E-state index in [1.807, 2.05) is 54.4 Å². The minimum absolute atomic E-state index is 0.0238. The molecule has 5 rings (SSSR count). The fraction of sp³-hybridized carbons (Fsp3) is 0.346. The van der Waals surface area contributed by atoms with Crippen LogP contribution >= 0.6 is 11.6 Å². The minimum Gasteiger partial charge on any atom is -0.460 e. The van der Waals surface area contributed by atoms with Gasteiger partial charge in [-0.05, 0) is 37.2 Å². The number of hydrogen-bond acceptors (Lipinski definition) is 8. The fourth-order valence-electron chi connectivity index (χ4n) is 4.46. The third kappa shape index (κ3) is 6.07. The number of esters is 1. The van der Waals surface area contributed by atoms with Gasteiger partial charge in [-0.15, -0.1) is 5.10 Å². The Morgan fingerprint density at radius 2 is 1.97 bits per heavy atom. The second-order valence-electron chi connectivity index (χ2n) is 9.34. The summed E-state index contributed by atoms with van der Waals surface area (Å²) in [5, 5.41) is 9.76. The summed E-state index contributed by atoms with van der Waals surface area (Å²) in [6.45, 7) is 1.75. The Morgan fingerprint density at radius 1 is 1.18 bits per heavy atom. The molecule has 0 bridgehead atoms. The van der Waals surface area contributed by atoms with Gasteiger partial charge in [0.25, 0.3) is 0 Å². The molecule has 0 spiro atoms. The van der Waals surface area contributed by atoms with Crippen molar-refractivity contribution in [3.63, 3.8) is 0 Å². The molecule has 1 aliphatic heterocycles. The number of nitrogens with zero attached hydrogens (tertiary/aromatic N) is 5. The number of furan rings is 1. The summed E-state index contributed by atoms with van der Waals surface area (Å²) >= 11 is 6.22. The van der Waals surface area contributed by atoms with Crippen molar-refractivity contribution in [2.75, 3.05) is 32.5 Å². The van der Waals surface area contributed by atoms with Crippen LogP contribution in [-0.4, -0.2) is 77.1 Å². The molecule has 0 aliphatic carbocycles. The van der Waals surface area contributed by atoms with Crippen LogP contribution in [0.1, 0.15) is 28.2 Å². The molecule has 10 nitrogen and oxygen atoms in total. The standard InChI is InChI=1S/C26H28ClN5O5S/c1-30(11-6-12-36-26(33)25-13-19-7-3-5-10-24(19)37-25)22-17-32(38(34,35)18-22)16-21-15-31(29-28-21)14-20-8-2-4-9-23(20)27/h2-5,7-10,13,15,22H,6,11-12,14,16-18H2,1H3. The zero-order chi connectivity index (χ0) is 26.7. The number of ether oxygens (including phenoxy) is 1. The minimum atomic E-state index is -3.43. The average molecular weight is 558 g/mol. The summed E-state index contributed by atoms with van der Waals surface area (Å²) in [6, 6.07) is 16.3. The largest absolute Gasteiger partial charge is 0.460 e. The molecule has 1 saturated heterocycles. The number of sulfonamides is 1. The van der Waals surface area contributed by atoms with Crippen LogP contribution in [0, 0.1) is 0 Å². The molecule has 2 aromatic heterocycles. The topological polar surface area (TPSA) is 111 Å². The van der Waals surface area contributed by atoms with Crippen LogP contribution in [0.4, 0.5) is 0 Å². The summed E-state index contributed by atoms with van der Waals surface area (Å²) < 4.78 is 39.6. The number of carbonyl (C=O) groups excluding carboxylic acids is 1. The normalized spacial score (nSPS) is 17.4. The average Bonchev–Trinajstić information content (AvgIpc) is 3.60. The van der Waals surface area contributed by atoms with E-state index in [-0.39, 0.29) is 30.7 Å². The lowest BCUT2D eigenvalue weighted by atomic mass is 10.2. The van der Waals surface area contributed by atoms with E-state index in [4.69, 9.17) is 20.8 Å². The van der Waals surface area contributed by atoms with Gasteiger partial charge in [-0.1, -0.05) is 53.2 Å². The molecule has 0 N–H and O–H groups in total. The zero-order valence-electron chi connectivity index (χ0n) is 20.9. The lowest BCUT2D eigenvalue weighted by molar-refractivity contribution is 0.0453. The summed E-state index contributed by atoms with van der Waals surface area (Å²) in [4.78, 5) is 14.3. The summed E-state index contributed by atoms with van der Waals surface area (Å²) in [5.74, 6) is -0.322. The number of benzene rings is 2. The molecule has 1 unspecified atom stereocenters. The number of hydrogen-bond donors (Lipinski definition) is 0. The molecule has 38 heavy (non-hydrogen) atoms. The molecule has 1 aliphatic rings. The zero-order valence-corrected chi connectivity index (χ0v) is 22.4. The molecule has 4 aromatic rings. The van der Waals surface area contributed by atoms with Crippen molar-refractivity contribution in [2.24, 2.45) is 0 Å². The Morgan fingerprint density at radius 3 is 2.79 bits per heavy atom. The van der Waals surface area contributed by atoms with Crippen molar-refractivity contribution in [3.8, 4) is 0 Å². The fourth-order valence-corrected chi connectivity index (χ4v) is 6.45. The molecule has 0 radical (unpaired) electrons. The Bertz CT molecular complexity index is 1500. The van der Waals surface area contributed by atoms with Crippen molar-refractivity contribution in [1.29, 1.82) is 0 Å². The van der Waals surface area contributed by atoms with Gasteiger partial charge in [0, 0.05) is 29.5 Å². The van der Waals surface area contributed by atoms with E-state index in [0.717, 1.165) is 10.9 Å². The van der Waals surface area contributed by atoms with Gasteiger partial charge in [0.05, 0.1) is 37.3 Å². The predicted octanol–water partition coefficient (Wildman–Crippen LogP) is 3.42. The molecular formula is C26H28ClN5O5S. The van der Waals surface area contributed by atoms with E-state index in [1.165, 1.54) is 4.31 Å². The number of halogens is 1. The highest BCUT2D eigenvalue weighted by Gasteiger charge is 2.38. The third-order valence-corrected chi connectivity index (χ3v) is 8.80. The van der Waals surface area contributed by atoms with Crippen molar-refractivity contribution >= 4 is 38.6 Å². The summed E-state index contributed by atoms with van der Waals surface area (Å²) in [6.07, 6.45) is 2.31. The molecule has 0 amide bonds. The van der Waals surface area contributed by atoms with E-state index in [9.17, 15) is 13.2 Å². The second kappa shape index (κ2) is 11.2. The first-order valence-electron chi connectivity index (χ1n) is 12.2. The third-order valence-electron chi connectivity index (χ3n) is 6.56. The van der Waals surface area contributed by atoms with Crippen molar-refractivity contribution in [1.82, 2.24) is 24.2 Å². The maximum absolute atomic E-state index is 12.8. The maximum Gasteiger partial charge on any atom is 0.374 e. The van der Waals surface area contributed by atoms with Crippen molar-refractivity contribution < 1.29 is 22.4 Å². The molecule has 3 heterocycles. The van der Waals surface area contributed by atoms with Crippen LogP contribution in [0.5, 0.6) is 0 Å². The van der Waals surface area contributed by atoms with Crippen LogP contribution in [-0.2, 0) is 27.8 Å². The van der Waals surface area contributed by atoms with Gasteiger partial charge in [-0.2, -0.15) is 4.31 Å². The molecule has 1 fully saturated rings. The number of carbonyl (C=O) groups is 1. The molecule has 0 saturated carbocycles. The Balaban J connectivity index is 1.09. The highest BCUT2D eigenvalue weighted by atomic mass is 35.5. The lowest BCUT2D eigenvalue weighted by Crippen LogP contribution is -2.37. The van der Waals surface area contributed by atoms with E-state index >= 15 is 0 Å². The van der Waals surface area contributed by atoms with Crippen LogP contribution < -0.4 is 0 Å². The Kier molecular flexibility index (Phi) is 7.80. The van der Waals surface area contributed by atoms with Crippen molar-refractivity contribution in [2.45, 2.75) is 25.6 Å². The van der Waals surface area contributed by atoms with Crippen LogP contribution in [0.15, 0.2) is 65.2 Å². The van der Waals surface area contributed by atoms with Gasteiger partial charge >= 0.3 is 5.97 Å².